The summed E-state index contributed by atoms with van der Waals surface area (Å²) in [6, 6.07) is 14.2. The van der Waals surface area contributed by atoms with E-state index in [9.17, 15) is 4.79 Å². The zero-order valence-corrected chi connectivity index (χ0v) is 7.68. The van der Waals surface area contributed by atoms with Gasteiger partial charge in [0.2, 0.25) is 0 Å². The van der Waals surface area contributed by atoms with Gasteiger partial charge in [-0.3, -0.25) is 4.79 Å². The Morgan fingerprint density at radius 1 is 0.929 bits per heavy atom. The summed E-state index contributed by atoms with van der Waals surface area (Å²) in [6.07, 6.45) is 4.14. The van der Waals surface area contributed by atoms with Crippen LogP contribution in [0.15, 0.2) is 48.5 Å². The molecule has 0 spiro atoms. The molecule has 0 aromatic carbocycles. The fourth-order valence-electron chi connectivity index (χ4n) is 1.53. The SMILES string of the molecule is O=CC=Cc1ccc2cccccc1-2. The predicted molar refractivity (Wildman–Crippen MR) is 58.2 cm³/mol. The first-order valence-electron chi connectivity index (χ1n) is 4.51. The van der Waals surface area contributed by atoms with Crippen molar-refractivity contribution in [2.75, 3.05) is 0 Å². The van der Waals surface area contributed by atoms with Crippen molar-refractivity contribution in [3.05, 3.63) is 54.1 Å². The van der Waals surface area contributed by atoms with Crippen LogP contribution >= 0.6 is 0 Å². The maximum Gasteiger partial charge on any atom is 0.142 e. The van der Waals surface area contributed by atoms with Gasteiger partial charge in [0.1, 0.15) is 6.29 Å². The molecule has 14 heavy (non-hydrogen) atoms. The molecule has 0 N–H and O–H groups in total. The van der Waals surface area contributed by atoms with Crippen molar-refractivity contribution in [3.8, 4) is 11.1 Å². The van der Waals surface area contributed by atoms with Crippen molar-refractivity contribution in [2.24, 2.45) is 0 Å². The summed E-state index contributed by atoms with van der Waals surface area (Å²) in [5.41, 5.74) is 3.46. The highest BCUT2D eigenvalue weighted by Crippen LogP contribution is 2.27. The number of rotatable bonds is 2. The second kappa shape index (κ2) is 3.88. The van der Waals surface area contributed by atoms with E-state index in [2.05, 4.69) is 18.2 Å². The summed E-state index contributed by atoms with van der Waals surface area (Å²) < 4.78 is 0. The molecule has 2 rings (SSSR count). The van der Waals surface area contributed by atoms with Crippen LogP contribution in [-0.2, 0) is 4.79 Å². The van der Waals surface area contributed by atoms with Gasteiger partial charge in [-0.15, -0.1) is 0 Å². The molecule has 0 saturated heterocycles. The molecule has 0 aromatic rings. The first-order chi connectivity index (χ1) is 6.92. The van der Waals surface area contributed by atoms with E-state index in [1.54, 1.807) is 0 Å². The molecule has 2 aliphatic carbocycles. The normalized spacial score (nSPS) is 10.9. The standard InChI is InChI=1S/C13H10O/c14-10-4-6-12-9-8-11-5-2-1-3-7-13(11)12/h1-10H. The van der Waals surface area contributed by atoms with Gasteiger partial charge in [-0.25, -0.2) is 0 Å². The van der Waals surface area contributed by atoms with Crippen LogP contribution in [0.1, 0.15) is 5.56 Å². The molecule has 0 aliphatic heterocycles. The summed E-state index contributed by atoms with van der Waals surface area (Å²) in [4.78, 5) is 10.2. The number of fused-ring (bicyclic) bond motifs is 1. The molecule has 0 bridgehead atoms. The number of allylic oxidation sites excluding steroid dienone is 1. The van der Waals surface area contributed by atoms with E-state index < -0.39 is 0 Å². The molecular formula is C13H10O. The van der Waals surface area contributed by atoms with Crippen molar-refractivity contribution in [2.45, 2.75) is 0 Å². The van der Waals surface area contributed by atoms with Crippen molar-refractivity contribution in [1.29, 1.82) is 0 Å². The lowest BCUT2D eigenvalue weighted by Gasteiger charge is -1.93. The van der Waals surface area contributed by atoms with Gasteiger partial charge < -0.3 is 0 Å². The Hall–Kier alpha value is -1.89. The number of carbonyl (C=O) groups excluding carboxylic acids is 1. The molecule has 0 heterocycles. The summed E-state index contributed by atoms with van der Waals surface area (Å²) in [5, 5.41) is 0. The number of carbonyl (C=O) groups is 1. The third-order valence-electron chi connectivity index (χ3n) is 2.18. The van der Waals surface area contributed by atoms with E-state index in [-0.39, 0.29) is 0 Å². The van der Waals surface area contributed by atoms with Gasteiger partial charge in [0.15, 0.2) is 0 Å². The van der Waals surface area contributed by atoms with Crippen LogP contribution in [0.3, 0.4) is 0 Å². The minimum atomic E-state index is 0.793. The van der Waals surface area contributed by atoms with Gasteiger partial charge in [-0.1, -0.05) is 48.5 Å². The molecule has 0 amide bonds. The molecule has 0 atom stereocenters. The third-order valence-corrected chi connectivity index (χ3v) is 2.18. The Kier molecular flexibility index (Phi) is 2.41. The van der Waals surface area contributed by atoms with Crippen LogP contribution in [0.2, 0.25) is 0 Å². The predicted octanol–water partition coefficient (Wildman–Crippen LogP) is 3.00. The Balaban J connectivity index is 2.52. The fraction of sp³-hybridized carbons (Fsp3) is 0. The van der Waals surface area contributed by atoms with Crippen LogP contribution in [-0.4, -0.2) is 6.29 Å². The summed E-state index contributed by atoms with van der Waals surface area (Å²) in [6.45, 7) is 0. The first kappa shape index (κ1) is 8.70. The first-order valence-corrected chi connectivity index (χ1v) is 4.51. The highest BCUT2D eigenvalue weighted by molar-refractivity contribution is 5.82. The molecule has 1 heteroatoms. The van der Waals surface area contributed by atoms with Crippen LogP contribution in [0.25, 0.3) is 17.2 Å². The van der Waals surface area contributed by atoms with E-state index in [1.807, 2.05) is 30.3 Å². The minimum absolute atomic E-state index is 0.793. The summed E-state index contributed by atoms with van der Waals surface area (Å²) in [7, 11) is 0. The molecule has 0 unspecified atom stereocenters. The van der Waals surface area contributed by atoms with E-state index in [4.69, 9.17) is 0 Å². The lowest BCUT2D eigenvalue weighted by atomic mass is 10.1. The largest absolute Gasteiger partial charge is 0.299 e. The van der Waals surface area contributed by atoms with Gasteiger partial charge in [0.05, 0.1) is 0 Å². The number of aldehydes is 1. The Morgan fingerprint density at radius 3 is 2.64 bits per heavy atom. The maximum atomic E-state index is 10.2. The average Bonchev–Trinajstić information content (AvgIpc) is 2.45. The quantitative estimate of drug-likeness (QED) is 0.515. The molecule has 0 saturated carbocycles. The van der Waals surface area contributed by atoms with E-state index in [0.717, 1.165) is 11.8 Å². The molecule has 1 nitrogen and oxygen atoms in total. The highest BCUT2D eigenvalue weighted by Gasteiger charge is 2.03. The van der Waals surface area contributed by atoms with Crippen molar-refractivity contribution < 1.29 is 4.79 Å². The molecule has 2 aliphatic rings. The van der Waals surface area contributed by atoms with Gasteiger partial charge in [0, 0.05) is 0 Å². The van der Waals surface area contributed by atoms with Crippen LogP contribution in [0.4, 0.5) is 0 Å². The topological polar surface area (TPSA) is 17.1 Å². The molecule has 0 fully saturated rings. The van der Waals surface area contributed by atoms with Gasteiger partial charge in [0.25, 0.3) is 0 Å². The van der Waals surface area contributed by atoms with Gasteiger partial charge in [-0.2, -0.15) is 0 Å². The smallest absolute Gasteiger partial charge is 0.142 e. The molecule has 68 valence electrons. The van der Waals surface area contributed by atoms with Gasteiger partial charge >= 0.3 is 0 Å². The Bertz CT molecular complexity index is 443. The third kappa shape index (κ3) is 1.57. The Labute approximate surface area is 83.0 Å². The van der Waals surface area contributed by atoms with Crippen molar-refractivity contribution in [3.63, 3.8) is 0 Å². The second-order valence-electron chi connectivity index (χ2n) is 3.06. The van der Waals surface area contributed by atoms with Crippen LogP contribution in [0.5, 0.6) is 0 Å². The second-order valence-corrected chi connectivity index (χ2v) is 3.06. The minimum Gasteiger partial charge on any atom is -0.299 e. The zero-order valence-electron chi connectivity index (χ0n) is 7.68. The molecular weight excluding hydrogens is 172 g/mol. The summed E-state index contributed by atoms with van der Waals surface area (Å²) >= 11 is 0. The van der Waals surface area contributed by atoms with Crippen LogP contribution < -0.4 is 0 Å². The average molecular weight is 182 g/mol. The van der Waals surface area contributed by atoms with E-state index in [0.29, 0.717) is 0 Å². The van der Waals surface area contributed by atoms with E-state index >= 15 is 0 Å². The van der Waals surface area contributed by atoms with Crippen molar-refractivity contribution in [1.82, 2.24) is 0 Å². The fourth-order valence-corrected chi connectivity index (χ4v) is 1.53. The number of hydrogen-bond acceptors (Lipinski definition) is 1. The number of hydrogen-bond donors (Lipinski definition) is 0. The lowest BCUT2D eigenvalue weighted by molar-refractivity contribution is -0.104. The van der Waals surface area contributed by atoms with Crippen molar-refractivity contribution >= 4 is 12.4 Å². The highest BCUT2D eigenvalue weighted by atomic mass is 16.1. The van der Waals surface area contributed by atoms with E-state index in [1.165, 1.54) is 17.2 Å². The molecule has 0 radical (unpaired) electrons. The molecule has 0 aromatic heterocycles. The van der Waals surface area contributed by atoms with Crippen LogP contribution in [0, 0.1) is 0 Å². The maximum absolute atomic E-state index is 10.2. The monoisotopic (exact) mass is 182 g/mol. The van der Waals surface area contributed by atoms with Gasteiger partial charge in [-0.05, 0) is 22.8 Å². The summed E-state index contributed by atoms with van der Waals surface area (Å²) in [5.74, 6) is 0. The Morgan fingerprint density at radius 2 is 1.79 bits per heavy atom. The lowest BCUT2D eigenvalue weighted by Crippen LogP contribution is -1.70. The zero-order chi connectivity index (χ0) is 9.80.